The minimum Gasteiger partial charge on any atom is -0.354 e. The zero-order chi connectivity index (χ0) is 22.7. The first-order valence-corrected chi connectivity index (χ1v) is 10.2. The van der Waals surface area contributed by atoms with Gasteiger partial charge in [-0.3, -0.25) is 9.59 Å². The van der Waals surface area contributed by atoms with E-state index in [2.05, 4.69) is 10.4 Å². The van der Waals surface area contributed by atoms with Crippen LogP contribution in [-0.4, -0.2) is 28.4 Å². The lowest BCUT2D eigenvalue weighted by molar-refractivity contribution is -0.119. The van der Waals surface area contributed by atoms with Crippen molar-refractivity contribution in [3.05, 3.63) is 88.6 Å². The summed E-state index contributed by atoms with van der Waals surface area (Å²) in [5, 5.41) is 14.8. The van der Waals surface area contributed by atoms with Gasteiger partial charge < -0.3 is 15.6 Å². The molecular weight excluding hydrogens is 409 g/mol. The first-order chi connectivity index (χ1) is 15.5. The summed E-state index contributed by atoms with van der Waals surface area (Å²) in [6.45, 7) is 2.42. The van der Waals surface area contributed by atoms with E-state index in [1.54, 1.807) is 11.0 Å². The third-order valence-corrected chi connectivity index (χ3v) is 5.33. The lowest BCUT2D eigenvalue weighted by atomic mass is 10.1. The van der Waals surface area contributed by atoms with Gasteiger partial charge in [-0.2, -0.15) is 5.10 Å². The van der Waals surface area contributed by atoms with Crippen LogP contribution in [0.4, 0.5) is 15.8 Å². The molecule has 2 N–H and O–H groups in total. The van der Waals surface area contributed by atoms with Crippen LogP contribution in [-0.2, 0) is 4.79 Å². The molecule has 7 nitrogen and oxygen atoms in total. The number of hydrogen-bond acceptors (Lipinski definition) is 5. The monoisotopic (exact) mass is 431 g/mol. The zero-order valence-electron chi connectivity index (χ0n) is 17.5. The summed E-state index contributed by atoms with van der Waals surface area (Å²) in [5.74, 6) is -0.656. The Morgan fingerprint density at radius 2 is 1.97 bits per heavy atom. The molecule has 0 radical (unpaired) electrons. The van der Waals surface area contributed by atoms with Gasteiger partial charge in [-0.15, -0.1) is 0 Å². The van der Waals surface area contributed by atoms with Gasteiger partial charge in [0.15, 0.2) is 11.5 Å². The Labute approximate surface area is 184 Å². The fourth-order valence-electron chi connectivity index (χ4n) is 3.60. The average molecular weight is 431 g/mol. The number of para-hydroxylation sites is 1. The van der Waals surface area contributed by atoms with Crippen molar-refractivity contribution in [1.29, 1.82) is 5.41 Å². The fourth-order valence-corrected chi connectivity index (χ4v) is 3.60. The van der Waals surface area contributed by atoms with Gasteiger partial charge in [0.05, 0.1) is 5.70 Å². The molecule has 8 heteroatoms. The van der Waals surface area contributed by atoms with Crippen molar-refractivity contribution in [3.63, 3.8) is 0 Å². The molecule has 0 spiro atoms. The highest BCUT2D eigenvalue weighted by Gasteiger charge is 2.29. The van der Waals surface area contributed by atoms with Crippen LogP contribution >= 0.6 is 0 Å². The van der Waals surface area contributed by atoms with Gasteiger partial charge in [0.1, 0.15) is 5.69 Å². The van der Waals surface area contributed by atoms with E-state index in [9.17, 15) is 14.0 Å². The number of benzene rings is 2. The van der Waals surface area contributed by atoms with Crippen LogP contribution in [0.2, 0.25) is 0 Å². The standard InChI is InChI=1S/C24H22FN5O2/c1-16-10-13-29(24(16)32)18-7-8-21(19(25)15-18)30-14-11-22(31)23(28-30)20(9-12-26)27-17-5-3-2-4-6-17/h2-9,11-12,14-16,26-27H,10,13H2,1H3/b20-9-,26-12?. The molecule has 4 rings (SSSR count). The number of allylic oxidation sites excluding steroid dienone is 1. The average Bonchev–Trinajstić information content (AvgIpc) is 3.13. The van der Waals surface area contributed by atoms with Gasteiger partial charge in [-0.25, -0.2) is 9.07 Å². The van der Waals surface area contributed by atoms with E-state index in [4.69, 9.17) is 5.41 Å². The molecule has 1 aliphatic heterocycles. The Kier molecular flexibility index (Phi) is 5.93. The molecule has 2 heterocycles. The van der Waals surface area contributed by atoms with Crippen LogP contribution < -0.4 is 15.6 Å². The summed E-state index contributed by atoms with van der Waals surface area (Å²) in [6.07, 6.45) is 4.59. The maximum absolute atomic E-state index is 15.0. The Balaban J connectivity index is 1.69. The summed E-state index contributed by atoms with van der Waals surface area (Å²) in [4.78, 5) is 26.4. The minimum atomic E-state index is -0.564. The molecule has 2 aromatic carbocycles. The highest BCUT2D eigenvalue weighted by atomic mass is 19.1. The first-order valence-electron chi connectivity index (χ1n) is 10.2. The number of nitrogens with zero attached hydrogens (tertiary/aromatic N) is 3. The summed E-state index contributed by atoms with van der Waals surface area (Å²) in [7, 11) is 0. The van der Waals surface area contributed by atoms with E-state index in [0.717, 1.165) is 18.3 Å². The van der Waals surface area contributed by atoms with Crippen molar-refractivity contribution in [3.8, 4) is 5.69 Å². The van der Waals surface area contributed by atoms with Crippen molar-refractivity contribution in [1.82, 2.24) is 9.78 Å². The molecular formula is C24H22FN5O2. The van der Waals surface area contributed by atoms with Crippen LogP contribution in [0.5, 0.6) is 0 Å². The Hall–Kier alpha value is -4.07. The molecule has 0 aliphatic carbocycles. The van der Waals surface area contributed by atoms with Crippen molar-refractivity contribution in [2.24, 2.45) is 5.92 Å². The molecule has 1 unspecified atom stereocenters. The topological polar surface area (TPSA) is 91.1 Å². The van der Waals surface area contributed by atoms with Crippen LogP contribution in [0.25, 0.3) is 11.4 Å². The predicted molar refractivity (Wildman–Crippen MR) is 123 cm³/mol. The van der Waals surface area contributed by atoms with Gasteiger partial charge in [0.25, 0.3) is 0 Å². The maximum Gasteiger partial charge on any atom is 0.229 e. The SMILES string of the molecule is CC1CCN(c2ccc(-n3ccc(=O)c(/C(=C/C=N)Nc4ccccc4)n3)c(F)c2)C1=O. The van der Waals surface area contributed by atoms with Crippen molar-refractivity contribution >= 4 is 29.2 Å². The van der Waals surface area contributed by atoms with Crippen LogP contribution in [0.1, 0.15) is 19.0 Å². The van der Waals surface area contributed by atoms with Crippen LogP contribution in [0, 0.1) is 17.1 Å². The third kappa shape index (κ3) is 4.20. The molecule has 1 aliphatic rings. The normalized spacial score (nSPS) is 16.3. The smallest absolute Gasteiger partial charge is 0.229 e. The van der Waals surface area contributed by atoms with E-state index in [0.29, 0.717) is 17.9 Å². The third-order valence-electron chi connectivity index (χ3n) is 5.33. The predicted octanol–water partition coefficient (Wildman–Crippen LogP) is 3.85. The Bertz CT molecular complexity index is 1250. The Morgan fingerprint density at radius 3 is 2.62 bits per heavy atom. The molecule has 1 saturated heterocycles. The molecule has 0 bridgehead atoms. The highest BCUT2D eigenvalue weighted by molar-refractivity contribution is 5.97. The summed E-state index contributed by atoms with van der Waals surface area (Å²) in [5.41, 5.74) is 1.36. The second-order valence-electron chi connectivity index (χ2n) is 7.53. The van der Waals surface area contributed by atoms with Gasteiger partial charge in [-0.1, -0.05) is 25.1 Å². The van der Waals surface area contributed by atoms with Crippen molar-refractivity contribution < 1.29 is 9.18 Å². The summed E-state index contributed by atoms with van der Waals surface area (Å²) in [6, 6.07) is 15.0. The number of anilines is 2. The number of carbonyl (C=O) groups excluding carboxylic acids is 1. The lowest BCUT2D eigenvalue weighted by Gasteiger charge is -2.18. The molecule has 1 aromatic heterocycles. The molecule has 1 fully saturated rings. The van der Waals surface area contributed by atoms with Crippen molar-refractivity contribution in [2.45, 2.75) is 13.3 Å². The lowest BCUT2D eigenvalue weighted by Crippen LogP contribution is -2.26. The number of aromatic nitrogens is 2. The quantitative estimate of drug-likeness (QED) is 0.580. The molecule has 1 atom stereocenters. The van der Waals surface area contributed by atoms with Crippen LogP contribution in [0.15, 0.2) is 71.7 Å². The molecule has 0 saturated carbocycles. The van der Waals surface area contributed by atoms with E-state index in [1.807, 2.05) is 37.3 Å². The van der Waals surface area contributed by atoms with Crippen LogP contribution in [0.3, 0.4) is 0 Å². The van der Waals surface area contributed by atoms with E-state index in [-0.39, 0.29) is 28.6 Å². The zero-order valence-corrected chi connectivity index (χ0v) is 17.5. The molecule has 1 amide bonds. The molecule has 162 valence electrons. The van der Waals surface area contributed by atoms with Gasteiger partial charge in [0, 0.05) is 42.3 Å². The van der Waals surface area contributed by atoms with E-state index < -0.39 is 5.82 Å². The van der Waals surface area contributed by atoms with E-state index >= 15 is 0 Å². The summed E-state index contributed by atoms with van der Waals surface area (Å²) < 4.78 is 16.3. The fraction of sp³-hybridized carbons (Fsp3) is 0.167. The number of hydrogen-bond donors (Lipinski definition) is 2. The number of amides is 1. The maximum atomic E-state index is 15.0. The first kappa shape index (κ1) is 21.2. The van der Waals surface area contributed by atoms with Crippen molar-refractivity contribution in [2.75, 3.05) is 16.8 Å². The minimum absolute atomic E-state index is 0.0191. The largest absolute Gasteiger partial charge is 0.354 e. The summed E-state index contributed by atoms with van der Waals surface area (Å²) >= 11 is 0. The van der Waals surface area contributed by atoms with Gasteiger partial charge >= 0.3 is 0 Å². The second kappa shape index (κ2) is 8.97. The van der Waals surface area contributed by atoms with Gasteiger partial charge in [-0.05, 0) is 42.8 Å². The Morgan fingerprint density at radius 1 is 1.19 bits per heavy atom. The van der Waals surface area contributed by atoms with E-state index in [1.165, 1.54) is 35.2 Å². The number of halogens is 1. The second-order valence-corrected chi connectivity index (χ2v) is 7.53. The molecule has 32 heavy (non-hydrogen) atoms. The number of carbonyl (C=O) groups is 1. The highest BCUT2D eigenvalue weighted by Crippen LogP contribution is 2.27. The number of rotatable bonds is 6. The number of nitrogens with one attached hydrogen (secondary N) is 2. The molecule has 3 aromatic rings. The van der Waals surface area contributed by atoms with Gasteiger partial charge in [0.2, 0.25) is 11.3 Å².